The van der Waals surface area contributed by atoms with Crippen LogP contribution in [0.15, 0.2) is 24.2 Å². The maximum Gasteiger partial charge on any atom is 0.299 e. The Morgan fingerprint density at radius 2 is 2.33 bits per heavy atom. The summed E-state index contributed by atoms with van der Waals surface area (Å²) in [7, 11) is 0. The molecule has 0 aromatic carbocycles. The van der Waals surface area contributed by atoms with Gasteiger partial charge < -0.3 is 0 Å². The lowest BCUT2D eigenvalue weighted by atomic mass is 10.4. The number of allylic oxidation sites excluding steroid dienone is 2. The number of hydrogen-bond acceptors (Lipinski definition) is 2. The molecule has 0 aliphatic heterocycles. The quantitative estimate of drug-likeness (QED) is 0.325. The van der Waals surface area contributed by atoms with Gasteiger partial charge in [0.2, 0.25) is 0 Å². The second-order valence-electron chi connectivity index (χ2n) is 1.38. The molecule has 0 atom stereocenters. The lowest BCUT2D eigenvalue weighted by Gasteiger charge is -1.87. The van der Waals surface area contributed by atoms with E-state index >= 15 is 0 Å². The van der Waals surface area contributed by atoms with Gasteiger partial charge in [-0.2, -0.15) is 0 Å². The summed E-state index contributed by atoms with van der Waals surface area (Å²) in [4.78, 5) is 8.99. The van der Waals surface area contributed by atoms with Crippen molar-refractivity contribution in [1.82, 2.24) is 0 Å². The van der Waals surface area contributed by atoms with Crippen LogP contribution in [0, 0.1) is 10.1 Å². The Balaban J connectivity index is 4.55. The van der Waals surface area contributed by atoms with Crippen LogP contribution in [-0.2, 0) is 0 Å². The maximum atomic E-state index is 12.0. The minimum Gasteiger partial charge on any atom is -0.258 e. The molecular weight excluding hydrogens is 125 g/mol. The van der Waals surface area contributed by atoms with Gasteiger partial charge in [0.25, 0.3) is 5.70 Å². The van der Waals surface area contributed by atoms with E-state index in [4.69, 9.17) is 0 Å². The molecule has 3 nitrogen and oxygen atoms in total. The molecule has 0 aliphatic carbocycles. The Labute approximate surface area is 51.6 Å². The molecule has 4 heteroatoms. The van der Waals surface area contributed by atoms with Crippen LogP contribution >= 0.6 is 0 Å². The molecule has 0 radical (unpaired) electrons. The molecule has 0 spiro atoms. The number of nitro groups is 1. The standard InChI is InChI=1S/C5H6FNO2/c1-3-5(4(2)6)7(8)9/h3H,1H2,2H3/b5-4-. The minimum atomic E-state index is -0.824. The van der Waals surface area contributed by atoms with Crippen molar-refractivity contribution in [2.45, 2.75) is 6.92 Å². The maximum absolute atomic E-state index is 12.0. The molecule has 0 aromatic rings. The van der Waals surface area contributed by atoms with Gasteiger partial charge in [0.15, 0.2) is 5.83 Å². The highest BCUT2D eigenvalue weighted by Crippen LogP contribution is 2.05. The Kier molecular flexibility index (Phi) is 2.57. The van der Waals surface area contributed by atoms with Gasteiger partial charge in [-0.3, -0.25) is 10.1 Å². The highest BCUT2D eigenvalue weighted by atomic mass is 19.1. The molecule has 0 rings (SSSR count). The zero-order chi connectivity index (χ0) is 7.44. The second kappa shape index (κ2) is 2.96. The third-order valence-electron chi connectivity index (χ3n) is 0.743. The van der Waals surface area contributed by atoms with Crippen LogP contribution in [0.25, 0.3) is 0 Å². The fourth-order valence-electron chi connectivity index (χ4n) is 0.341. The molecule has 0 unspecified atom stereocenters. The first kappa shape index (κ1) is 7.81. The van der Waals surface area contributed by atoms with Crippen molar-refractivity contribution in [3.8, 4) is 0 Å². The summed E-state index contributed by atoms with van der Waals surface area (Å²) < 4.78 is 12.0. The van der Waals surface area contributed by atoms with Gasteiger partial charge in [-0.15, -0.1) is 0 Å². The second-order valence-corrected chi connectivity index (χ2v) is 1.38. The molecule has 0 amide bonds. The first-order valence-electron chi connectivity index (χ1n) is 2.22. The number of rotatable bonds is 2. The number of halogens is 1. The van der Waals surface area contributed by atoms with E-state index in [-0.39, 0.29) is 0 Å². The lowest BCUT2D eigenvalue weighted by Crippen LogP contribution is -1.95. The molecular formula is C5H6FNO2. The molecule has 0 saturated heterocycles. The molecule has 50 valence electrons. The van der Waals surface area contributed by atoms with Gasteiger partial charge in [0.1, 0.15) is 0 Å². The first-order valence-corrected chi connectivity index (χ1v) is 2.22. The van der Waals surface area contributed by atoms with Crippen molar-refractivity contribution in [2.75, 3.05) is 0 Å². The predicted octanol–water partition coefficient (Wildman–Crippen LogP) is 1.65. The summed E-state index contributed by atoms with van der Waals surface area (Å²) in [6, 6.07) is 0. The smallest absolute Gasteiger partial charge is 0.258 e. The normalized spacial score (nSPS) is 12.2. The zero-order valence-corrected chi connectivity index (χ0v) is 4.93. The monoisotopic (exact) mass is 131 g/mol. The van der Waals surface area contributed by atoms with E-state index in [1.165, 1.54) is 0 Å². The topological polar surface area (TPSA) is 43.1 Å². The van der Waals surface area contributed by atoms with E-state index in [9.17, 15) is 14.5 Å². The van der Waals surface area contributed by atoms with E-state index in [0.717, 1.165) is 13.0 Å². The summed E-state index contributed by atoms with van der Waals surface area (Å²) in [5, 5.41) is 9.81. The van der Waals surface area contributed by atoms with Crippen molar-refractivity contribution in [2.24, 2.45) is 0 Å². The molecule has 0 N–H and O–H groups in total. The van der Waals surface area contributed by atoms with Crippen molar-refractivity contribution >= 4 is 0 Å². The largest absolute Gasteiger partial charge is 0.299 e. The number of nitrogens with zero attached hydrogens (tertiary/aromatic N) is 1. The van der Waals surface area contributed by atoms with Gasteiger partial charge in [0, 0.05) is 6.08 Å². The minimum absolute atomic E-state index is 0.574. The van der Waals surface area contributed by atoms with Crippen LogP contribution in [0.1, 0.15) is 6.92 Å². The molecule has 0 aromatic heterocycles. The number of hydrogen-bond donors (Lipinski definition) is 0. The third kappa shape index (κ3) is 2.03. The summed E-state index contributed by atoms with van der Waals surface area (Å²) in [6.07, 6.45) is 0.870. The van der Waals surface area contributed by atoms with Gasteiger partial charge in [-0.05, 0) is 6.92 Å². The molecule has 0 aliphatic rings. The Morgan fingerprint density at radius 1 is 1.89 bits per heavy atom. The fraction of sp³-hybridized carbons (Fsp3) is 0.200. The molecule has 0 heterocycles. The molecule has 0 saturated carbocycles. The summed E-state index contributed by atoms with van der Waals surface area (Å²) in [6.45, 7) is 4.08. The fourth-order valence-corrected chi connectivity index (χ4v) is 0.341. The lowest BCUT2D eigenvalue weighted by molar-refractivity contribution is -0.421. The Bertz CT molecular complexity index is 170. The average molecular weight is 131 g/mol. The predicted molar refractivity (Wildman–Crippen MR) is 31.0 cm³/mol. The van der Waals surface area contributed by atoms with E-state index in [2.05, 4.69) is 6.58 Å². The van der Waals surface area contributed by atoms with Crippen LogP contribution in [0.2, 0.25) is 0 Å². The molecule has 9 heavy (non-hydrogen) atoms. The summed E-state index contributed by atoms with van der Waals surface area (Å²) >= 11 is 0. The van der Waals surface area contributed by atoms with E-state index < -0.39 is 16.4 Å². The van der Waals surface area contributed by atoms with Crippen LogP contribution in [0.4, 0.5) is 4.39 Å². The van der Waals surface area contributed by atoms with Gasteiger partial charge in [0.05, 0.1) is 4.92 Å². The van der Waals surface area contributed by atoms with Crippen LogP contribution in [0.3, 0.4) is 0 Å². The molecule has 0 bridgehead atoms. The van der Waals surface area contributed by atoms with E-state index in [0.29, 0.717) is 0 Å². The summed E-state index contributed by atoms with van der Waals surface area (Å²) in [5.41, 5.74) is -0.574. The molecule has 0 fully saturated rings. The third-order valence-corrected chi connectivity index (χ3v) is 0.743. The average Bonchev–Trinajstić information content (AvgIpc) is 1.64. The van der Waals surface area contributed by atoms with Crippen molar-refractivity contribution in [3.05, 3.63) is 34.3 Å². The van der Waals surface area contributed by atoms with Crippen molar-refractivity contribution < 1.29 is 9.31 Å². The SMILES string of the molecule is C=C/C(=C(\C)F)[N+](=O)[O-]. The highest BCUT2D eigenvalue weighted by Gasteiger charge is 2.08. The Hall–Kier alpha value is -1.19. The Morgan fingerprint density at radius 3 is 2.33 bits per heavy atom. The van der Waals surface area contributed by atoms with E-state index in [1.54, 1.807) is 0 Å². The van der Waals surface area contributed by atoms with Crippen LogP contribution < -0.4 is 0 Å². The zero-order valence-electron chi connectivity index (χ0n) is 4.93. The van der Waals surface area contributed by atoms with Gasteiger partial charge >= 0.3 is 0 Å². The highest BCUT2D eigenvalue weighted by molar-refractivity contribution is 5.09. The van der Waals surface area contributed by atoms with Crippen molar-refractivity contribution in [3.63, 3.8) is 0 Å². The summed E-state index contributed by atoms with van der Waals surface area (Å²) in [5.74, 6) is -0.824. The van der Waals surface area contributed by atoms with E-state index in [1.807, 2.05) is 0 Å². The van der Waals surface area contributed by atoms with Crippen LogP contribution in [-0.4, -0.2) is 4.92 Å². The van der Waals surface area contributed by atoms with Gasteiger partial charge in [-0.1, -0.05) is 6.58 Å². The van der Waals surface area contributed by atoms with Gasteiger partial charge in [-0.25, -0.2) is 4.39 Å². The first-order chi connectivity index (χ1) is 4.09. The van der Waals surface area contributed by atoms with Crippen LogP contribution in [0.5, 0.6) is 0 Å². The van der Waals surface area contributed by atoms with Crippen molar-refractivity contribution in [1.29, 1.82) is 0 Å².